The van der Waals surface area contributed by atoms with Crippen molar-refractivity contribution in [3.05, 3.63) is 48.2 Å². The van der Waals surface area contributed by atoms with E-state index in [-0.39, 0.29) is 16.3 Å². The van der Waals surface area contributed by atoms with E-state index < -0.39 is 15.8 Å². The van der Waals surface area contributed by atoms with Crippen molar-refractivity contribution in [1.29, 1.82) is 5.26 Å². The number of nitriles is 1. The molecule has 1 heterocycles. The van der Waals surface area contributed by atoms with Gasteiger partial charge in [-0.2, -0.15) is 0 Å². The maximum absolute atomic E-state index is 11.7. The predicted octanol–water partition coefficient (Wildman–Crippen LogP) is 1.87. The monoisotopic (exact) mass is 317 g/mol. The molecule has 0 aliphatic carbocycles. The second kappa shape index (κ2) is 6.24. The molecule has 2 rings (SSSR count). The smallest absolute Gasteiger partial charge is 0.347 e. The van der Waals surface area contributed by atoms with Crippen LogP contribution in [0.25, 0.3) is 0 Å². The van der Waals surface area contributed by atoms with Crippen LogP contribution in [0.2, 0.25) is 0 Å². The summed E-state index contributed by atoms with van der Waals surface area (Å²) < 4.78 is 27.4. The third kappa shape index (κ3) is 3.59. The van der Waals surface area contributed by atoms with E-state index in [0.717, 1.165) is 6.26 Å². The molecule has 0 aliphatic heterocycles. The summed E-state index contributed by atoms with van der Waals surface area (Å²) in [7, 11) is -3.35. The van der Waals surface area contributed by atoms with Crippen LogP contribution in [0.15, 0.2) is 47.5 Å². The molecule has 7 nitrogen and oxygen atoms in total. The molecule has 1 aromatic carbocycles. The minimum absolute atomic E-state index is 0.0637. The fraction of sp³-hybridized carbons (Fsp3) is 0.0714. The molecular weight excluding hydrogens is 306 g/mol. The molecule has 0 bridgehead atoms. The maximum atomic E-state index is 11.7. The molecule has 1 aromatic heterocycles. The van der Waals surface area contributed by atoms with Crippen molar-refractivity contribution < 1.29 is 17.9 Å². The van der Waals surface area contributed by atoms with Gasteiger partial charge in [0.1, 0.15) is 11.4 Å². The highest BCUT2D eigenvalue weighted by Gasteiger charge is 2.15. The Morgan fingerprint density at radius 2 is 2.09 bits per heavy atom. The number of sulfone groups is 1. The number of nitrogens with one attached hydrogen (secondary N) is 1. The maximum Gasteiger partial charge on any atom is 0.357 e. The Labute approximate surface area is 127 Å². The average molecular weight is 317 g/mol. The SMILES string of the molecule is CS(=O)(=O)c1cccc(Nc2ncccc2C(=O)OC#N)c1. The van der Waals surface area contributed by atoms with Crippen molar-refractivity contribution in [3.63, 3.8) is 0 Å². The normalized spacial score (nSPS) is 10.5. The summed E-state index contributed by atoms with van der Waals surface area (Å²) >= 11 is 0. The van der Waals surface area contributed by atoms with Crippen LogP contribution in [0.4, 0.5) is 11.5 Å². The van der Waals surface area contributed by atoms with Gasteiger partial charge in [-0.05, 0) is 30.3 Å². The fourth-order valence-corrected chi connectivity index (χ4v) is 2.37. The molecule has 112 valence electrons. The average Bonchev–Trinajstić information content (AvgIpc) is 2.47. The zero-order chi connectivity index (χ0) is 16.2. The van der Waals surface area contributed by atoms with Gasteiger partial charge in [-0.15, -0.1) is 5.26 Å². The highest BCUT2D eigenvalue weighted by Crippen LogP contribution is 2.21. The molecule has 0 spiro atoms. The van der Waals surface area contributed by atoms with Gasteiger partial charge in [-0.3, -0.25) is 0 Å². The number of rotatable bonds is 4. The lowest BCUT2D eigenvalue weighted by Crippen LogP contribution is -2.07. The van der Waals surface area contributed by atoms with Crippen LogP contribution in [0.5, 0.6) is 0 Å². The van der Waals surface area contributed by atoms with Crippen LogP contribution in [0, 0.1) is 11.5 Å². The zero-order valence-corrected chi connectivity index (χ0v) is 12.3. The Hall–Kier alpha value is -2.92. The van der Waals surface area contributed by atoms with Crippen molar-refractivity contribution in [2.45, 2.75) is 4.90 Å². The molecule has 0 saturated heterocycles. The van der Waals surface area contributed by atoms with E-state index in [9.17, 15) is 13.2 Å². The molecule has 0 radical (unpaired) electrons. The number of aromatic nitrogens is 1. The molecule has 0 unspecified atom stereocenters. The first kappa shape index (κ1) is 15.5. The number of carbonyl (C=O) groups excluding carboxylic acids is 1. The van der Waals surface area contributed by atoms with Crippen LogP contribution in [-0.2, 0) is 14.6 Å². The molecule has 0 aliphatic rings. The number of benzene rings is 1. The Morgan fingerprint density at radius 1 is 1.32 bits per heavy atom. The number of anilines is 2. The van der Waals surface area contributed by atoms with Gasteiger partial charge in [0.2, 0.25) is 0 Å². The van der Waals surface area contributed by atoms with E-state index in [1.54, 1.807) is 12.1 Å². The van der Waals surface area contributed by atoms with E-state index in [0.29, 0.717) is 5.69 Å². The Morgan fingerprint density at radius 3 is 2.77 bits per heavy atom. The summed E-state index contributed by atoms with van der Waals surface area (Å²) in [5, 5.41) is 11.2. The van der Waals surface area contributed by atoms with Crippen molar-refractivity contribution in [1.82, 2.24) is 4.98 Å². The molecule has 22 heavy (non-hydrogen) atoms. The fourth-order valence-electron chi connectivity index (χ4n) is 1.71. The quantitative estimate of drug-likeness (QED) is 0.677. The minimum atomic E-state index is -3.35. The molecule has 0 fully saturated rings. The largest absolute Gasteiger partial charge is 0.357 e. The van der Waals surface area contributed by atoms with Crippen LogP contribution in [0.3, 0.4) is 0 Å². The van der Waals surface area contributed by atoms with Crippen molar-refractivity contribution in [3.8, 4) is 6.26 Å². The lowest BCUT2D eigenvalue weighted by molar-refractivity contribution is 0.0686. The van der Waals surface area contributed by atoms with Crippen LogP contribution >= 0.6 is 0 Å². The second-order valence-corrected chi connectivity index (χ2v) is 6.32. The van der Waals surface area contributed by atoms with E-state index in [2.05, 4.69) is 15.0 Å². The number of hydrogen-bond donors (Lipinski definition) is 1. The minimum Gasteiger partial charge on any atom is -0.347 e. The summed E-state index contributed by atoms with van der Waals surface area (Å²) in [6, 6.07) is 9.03. The van der Waals surface area contributed by atoms with Gasteiger partial charge in [0.15, 0.2) is 9.84 Å². The lowest BCUT2D eigenvalue weighted by Gasteiger charge is -2.09. The lowest BCUT2D eigenvalue weighted by atomic mass is 10.2. The standard InChI is InChI=1S/C14H11N3O4S/c1-22(19,20)11-5-2-4-10(8-11)17-13-12(6-3-7-16-13)14(18)21-9-15/h2-8H,1H3,(H,16,17). The first-order chi connectivity index (χ1) is 10.4. The molecule has 1 N–H and O–H groups in total. The number of pyridine rings is 1. The molecule has 0 atom stereocenters. The number of nitrogens with zero attached hydrogens (tertiary/aromatic N) is 2. The Balaban J connectivity index is 2.37. The summed E-state index contributed by atoms with van der Waals surface area (Å²) in [6.07, 6.45) is 3.85. The molecule has 2 aromatic rings. The third-order valence-corrected chi connectivity index (χ3v) is 3.80. The predicted molar refractivity (Wildman–Crippen MR) is 78.1 cm³/mol. The summed E-state index contributed by atoms with van der Waals surface area (Å²) in [6.45, 7) is 0. The van der Waals surface area contributed by atoms with Gasteiger partial charge in [-0.25, -0.2) is 18.2 Å². The zero-order valence-electron chi connectivity index (χ0n) is 11.5. The van der Waals surface area contributed by atoms with Crippen LogP contribution in [0.1, 0.15) is 10.4 Å². The number of ether oxygens (including phenoxy) is 1. The van der Waals surface area contributed by atoms with Crippen molar-refractivity contribution >= 4 is 27.3 Å². The summed E-state index contributed by atoms with van der Waals surface area (Å²) in [4.78, 5) is 15.8. The first-order valence-corrected chi connectivity index (χ1v) is 7.93. The summed E-state index contributed by atoms with van der Waals surface area (Å²) in [5.41, 5.74) is 0.501. The number of esters is 1. The second-order valence-electron chi connectivity index (χ2n) is 4.31. The number of hydrogen-bond acceptors (Lipinski definition) is 7. The highest BCUT2D eigenvalue weighted by atomic mass is 32.2. The molecule has 0 saturated carbocycles. The van der Waals surface area contributed by atoms with Crippen LogP contribution in [-0.4, -0.2) is 25.6 Å². The molecule has 0 amide bonds. The third-order valence-electron chi connectivity index (χ3n) is 2.69. The highest BCUT2D eigenvalue weighted by molar-refractivity contribution is 7.90. The van der Waals surface area contributed by atoms with Crippen molar-refractivity contribution in [2.75, 3.05) is 11.6 Å². The van der Waals surface area contributed by atoms with Gasteiger partial charge in [0.25, 0.3) is 6.26 Å². The first-order valence-electron chi connectivity index (χ1n) is 6.04. The van der Waals surface area contributed by atoms with Crippen molar-refractivity contribution in [2.24, 2.45) is 0 Å². The van der Waals surface area contributed by atoms with E-state index >= 15 is 0 Å². The molecular formula is C14H11N3O4S. The summed E-state index contributed by atoms with van der Waals surface area (Å²) in [5.74, 6) is -0.689. The van der Waals surface area contributed by atoms with Gasteiger partial charge >= 0.3 is 5.97 Å². The van der Waals surface area contributed by atoms with Gasteiger partial charge in [-0.1, -0.05) is 6.07 Å². The molecule has 8 heteroatoms. The van der Waals surface area contributed by atoms with E-state index in [1.807, 2.05) is 0 Å². The van der Waals surface area contributed by atoms with E-state index in [4.69, 9.17) is 5.26 Å². The van der Waals surface area contributed by atoms with E-state index in [1.165, 1.54) is 36.7 Å². The topological polar surface area (TPSA) is 109 Å². The van der Waals surface area contributed by atoms with Gasteiger partial charge in [0.05, 0.1) is 4.90 Å². The van der Waals surface area contributed by atoms with Crippen LogP contribution < -0.4 is 5.32 Å². The van der Waals surface area contributed by atoms with Gasteiger partial charge in [0, 0.05) is 18.1 Å². The van der Waals surface area contributed by atoms with Gasteiger partial charge < -0.3 is 10.1 Å². The Kier molecular flexibility index (Phi) is 4.39. The number of carbonyl (C=O) groups is 1. The Bertz CT molecular complexity index is 856.